The van der Waals surface area contributed by atoms with E-state index in [1.54, 1.807) is 0 Å². The van der Waals surface area contributed by atoms with Crippen LogP contribution in [0.3, 0.4) is 0 Å². The second kappa shape index (κ2) is 6.39. The molecular weight excluding hydrogens is 303 g/mol. The number of benzene rings is 1. The van der Waals surface area contributed by atoms with Crippen molar-refractivity contribution in [3.63, 3.8) is 0 Å². The number of rotatable bonds is 4. The highest BCUT2D eigenvalue weighted by atomic mass is 35.5. The minimum absolute atomic E-state index is 0.0644. The molecule has 112 valence electrons. The van der Waals surface area contributed by atoms with E-state index in [0.29, 0.717) is 18.0 Å². The lowest BCUT2D eigenvalue weighted by Crippen LogP contribution is -2.50. The molecule has 1 aliphatic rings. The van der Waals surface area contributed by atoms with E-state index in [9.17, 15) is 12.8 Å². The number of halogens is 2. The van der Waals surface area contributed by atoms with Gasteiger partial charge in [0.05, 0.1) is 10.8 Å². The van der Waals surface area contributed by atoms with Gasteiger partial charge in [0.25, 0.3) is 0 Å². The smallest absolute Gasteiger partial charge is 0.216 e. The van der Waals surface area contributed by atoms with Crippen LogP contribution in [0.2, 0.25) is 5.02 Å². The summed E-state index contributed by atoms with van der Waals surface area (Å²) in [6, 6.07) is 3.85. The molecule has 0 saturated carbocycles. The molecule has 2 rings (SSSR count). The van der Waals surface area contributed by atoms with Gasteiger partial charge >= 0.3 is 0 Å². The van der Waals surface area contributed by atoms with Crippen molar-refractivity contribution < 1.29 is 12.8 Å². The molecule has 0 amide bonds. The summed E-state index contributed by atoms with van der Waals surface area (Å²) in [5, 5.41) is 3.11. The molecule has 0 spiro atoms. The van der Waals surface area contributed by atoms with Crippen LogP contribution in [0.1, 0.15) is 18.9 Å². The van der Waals surface area contributed by atoms with Crippen molar-refractivity contribution in [3.05, 3.63) is 34.6 Å². The molecule has 0 radical (unpaired) electrons. The van der Waals surface area contributed by atoms with Gasteiger partial charge in [-0.25, -0.2) is 17.5 Å². The zero-order valence-corrected chi connectivity index (χ0v) is 12.8. The largest absolute Gasteiger partial charge is 0.315 e. The van der Waals surface area contributed by atoms with Crippen LogP contribution in [0.15, 0.2) is 18.2 Å². The lowest BCUT2D eigenvalue weighted by atomic mass is 9.96. The van der Waals surface area contributed by atoms with E-state index in [-0.39, 0.29) is 16.8 Å². The monoisotopic (exact) mass is 320 g/mol. The number of hydrogen-bond donors (Lipinski definition) is 2. The first-order valence-corrected chi connectivity index (χ1v) is 8.55. The molecular formula is C13H18ClFN2O2S. The summed E-state index contributed by atoms with van der Waals surface area (Å²) in [5.74, 6) is -0.454. The van der Waals surface area contributed by atoms with Crippen LogP contribution in [0.25, 0.3) is 0 Å². The lowest BCUT2D eigenvalue weighted by molar-refractivity contribution is 0.327. The maximum atomic E-state index is 13.1. The van der Waals surface area contributed by atoms with Gasteiger partial charge in [-0.3, -0.25) is 0 Å². The Hall–Kier alpha value is -0.690. The van der Waals surface area contributed by atoms with Gasteiger partial charge in [-0.2, -0.15) is 0 Å². The topological polar surface area (TPSA) is 58.2 Å². The molecule has 0 bridgehead atoms. The summed E-state index contributed by atoms with van der Waals surface area (Å²) in [4.78, 5) is 0. The zero-order chi connectivity index (χ0) is 14.8. The summed E-state index contributed by atoms with van der Waals surface area (Å²) in [5.41, 5.74) is 0.473. The van der Waals surface area contributed by atoms with Gasteiger partial charge < -0.3 is 5.32 Å². The molecule has 20 heavy (non-hydrogen) atoms. The Kier molecular flexibility index (Phi) is 5.01. The third-order valence-corrected chi connectivity index (χ3v) is 5.16. The first-order valence-electron chi connectivity index (χ1n) is 6.52. The third-order valence-electron chi connectivity index (χ3n) is 3.50. The number of nitrogens with one attached hydrogen (secondary N) is 2. The third kappa shape index (κ3) is 4.15. The van der Waals surface area contributed by atoms with Gasteiger partial charge in [-0.15, -0.1) is 0 Å². The van der Waals surface area contributed by atoms with Crippen molar-refractivity contribution in [2.75, 3.05) is 13.1 Å². The molecule has 1 heterocycles. The maximum absolute atomic E-state index is 13.1. The van der Waals surface area contributed by atoms with Crippen LogP contribution in [0, 0.1) is 11.7 Å². The Labute approximate surface area is 123 Å². The average Bonchev–Trinajstić information content (AvgIpc) is 2.36. The van der Waals surface area contributed by atoms with E-state index in [0.717, 1.165) is 13.0 Å². The molecule has 1 aromatic carbocycles. The van der Waals surface area contributed by atoms with Crippen LogP contribution in [-0.2, 0) is 15.8 Å². The van der Waals surface area contributed by atoms with E-state index in [1.165, 1.54) is 18.2 Å². The fraction of sp³-hybridized carbons (Fsp3) is 0.538. The van der Waals surface area contributed by atoms with Crippen molar-refractivity contribution in [1.29, 1.82) is 0 Å². The van der Waals surface area contributed by atoms with E-state index in [4.69, 9.17) is 11.6 Å². The highest BCUT2D eigenvalue weighted by Gasteiger charge is 2.25. The minimum Gasteiger partial charge on any atom is -0.315 e. The van der Waals surface area contributed by atoms with E-state index in [1.807, 2.05) is 6.92 Å². The van der Waals surface area contributed by atoms with Gasteiger partial charge in [0.2, 0.25) is 10.0 Å². The van der Waals surface area contributed by atoms with Crippen molar-refractivity contribution >= 4 is 21.6 Å². The van der Waals surface area contributed by atoms with Crippen molar-refractivity contribution in [3.8, 4) is 0 Å². The second-order valence-corrected chi connectivity index (χ2v) is 7.36. The SMILES string of the molecule is CC1CCNCC1NS(=O)(=O)Cc1ccc(F)c(Cl)c1. The molecule has 0 aliphatic carbocycles. The predicted molar refractivity (Wildman–Crippen MR) is 77.6 cm³/mol. The molecule has 7 heteroatoms. The summed E-state index contributed by atoms with van der Waals surface area (Å²) < 4.78 is 40.0. The van der Waals surface area contributed by atoms with Crippen LogP contribution in [-0.4, -0.2) is 27.5 Å². The normalized spacial score (nSPS) is 23.8. The van der Waals surface area contributed by atoms with E-state index < -0.39 is 15.8 Å². The minimum atomic E-state index is -3.47. The lowest BCUT2D eigenvalue weighted by Gasteiger charge is -2.30. The molecule has 2 atom stereocenters. The van der Waals surface area contributed by atoms with Crippen molar-refractivity contribution in [2.45, 2.75) is 25.1 Å². The van der Waals surface area contributed by atoms with Gasteiger partial charge in [0.1, 0.15) is 5.82 Å². The summed E-state index contributed by atoms with van der Waals surface area (Å²) in [6.07, 6.45) is 0.940. The van der Waals surface area contributed by atoms with Crippen molar-refractivity contribution in [2.24, 2.45) is 5.92 Å². The Morgan fingerprint density at radius 2 is 2.25 bits per heavy atom. The second-order valence-electron chi connectivity index (χ2n) is 5.20. The molecule has 1 saturated heterocycles. The van der Waals surface area contributed by atoms with Crippen LogP contribution >= 0.6 is 11.6 Å². The van der Waals surface area contributed by atoms with Gasteiger partial charge in [0.15, 0.2) is 0 Å². The molecule has 2 N–H and O–H groups in total. The molecule has 1 aliphatic heterocycles. The van der Waals surface area contributed by atoms with Gasteiger partial charge in [-0.05, 0) is 36.6 Å². The molecule has 2 unspecified atom stereocenters. The quantitative estimate of drug-likeness (QED) is 0.891. The Bertz CT molecular complexity index is 580. The Balaban J connectivity index is 2.04. The summed E-state index contributed by atoms with van der Waals surface area (Å²) >= 11 is 5.66. The maximum Gasteiger partial charge on any atom is 0.216 e. The van der Waals surface area contributed by atoms with Crippen molar-refractivity contribution in [1.82, 2.24) is 10.0 Å². The van der Waals surface area contributed by atoms with E-state index in [2.05, 4.69) is 10.0 Å². The van der Waals surface area contributed by atoms with Crippen LogP contribution in [0.4, 0.5) is 4.39 Å². The molecule has 0 aromatic heterocycles. The fourth-order valence-electron chi connectivity index (χ4n) is 2.27. The van der Waals surface area contributed by atoms with Gasteiger partial charge in [-0.1, -0.05) is 24.6 Å². The standard InChI is InChI=1S/C13H18ClFN2O2S/c1-9-4-5-16-7-13(9)17-20(18,19)8-10-2-3-12(15)11(14)6-10/h2-3,6,9,13,16-17H,4-5,7-8H2,1H3. The number of hydrogen-bond acceptors (Lipinski definition) is 3. The molecule has 4 nitrogen and oxygen atoms in total. The number of sulfonamides is 1. The van der Waals surface area contributed by atoms with Crippen LogP contribution in [0.5, 0.6) is 0 Å². The molecule has 1 fully saturated rings. The summed E-state index contributed by atoms with van der Waals surface area (Å²) in [6.45, 7) is 3.57. The zero-order valence-electron chi connectivity index (χ0n) is 11.2. The Morgan fingerprint density at radius 3 is 2.90 bits per heavy atom. The van der Waals surface area contributed by atoms with Crippen LogP contribution < -0.4 is 10.0 Å². The Morgan fingerprint density at radius 1 is 1.50 bits per heavy atom. The molecule has 1 aromatic rings. The van der Waals surface area contributed by atoms with E-state index >= 15 is 0 Å². The summed E-state index contributed by atoms with van der Waals surface area (Å²) in [7, 11) is -3.47. The highest BCUT2D eigenvalue weighted by molar-refractivity contribution is 7.88. The first-order chi connectivity index (χ1) is 9.37. The van der Waals surface area contributed by atoms with Gasteiger partial charge in [0, 0.05) is 12.6 Å². The first kappa shape index (κ1) is 15.7. The average molecular weight is 321 g/mol. The number of piperidine rings is 1. The predicted octanol–water partition coefficient (Wildman–Crippen LogP) is 1.90. The highest BCUT2D eigenvalue weighted by Crippen LogP contribution is 2.18. The fourth-order valence-corrected chi connectivity index (χ4v) is 3.95.